The van der Waals surface area contributed by atoms with Gasteiger partial charge in [-0.15, -0.1) is 0 Å². The maximum absolute atomic E-state index is 10.2. The molecule has 2 heterocycles. The summed E-state index contributed by atoms with van der Waals surface area (Å²) in [5.74, 6) is 2.02. The monoisotopic (exact) mass is 286 g/mol. The molecule has 21 heavy (non-hydrogen) atoms. The molecule has 0 spiro atoms. The van der Waals surface area contributed by atoms with Crippen LogP contribution in [-0.4, -0.2) is 32.5 Å². The Balaban J connectivity index is 1.55. The first kappa shape index (κ1) is 14.2. The number of rotatable bonds is 5. The van der Waals surface area contributed by atoms with Gasteiger partial charge in [-0.3, -0.25) is 0 Å². The fraction of sp³-hybridized carbons (Fsp3) is 0.500. The number of fused-ring (bicyclic) bond motifs is 1. The Hall–Kier alpha value is -1.72. The smallest absolute Gasteiger partial charge is 0.150 e. The number of aryl methyl sites for hydroxylation is 2. The van der Waals surface area contributed by atoms with Gasteiger partial charge in [-0.1, -0.05) is 37.3 Å². The Morgan fingerprint density at radius 3 is 2.95 bits per heavy atom. The highest BCUT2D eigenvalue weighted by Crippen LogP contribution is 2.15. The number of aromatic nitrogens is 3. The van der Waals surface area contributed by atoms with Gasteiger partial charge in [0, 0.05) is 25.4 Å². The highest BCUT2D eigenvalue weighted by molar-refractivity contribution is 5.17. The van der Waals surface area contributed by atoms with E-state index in [2.05, 4.69) is 22.3 Å². The van der Waals surface area contributed by atoms with E-state index in [-0.39, 0.29) is 0 Å². The van der Waals surface area contributed by atoms with Gasteiger partial charge in [-0.05, 0) is 12.0 Å². The Kier molecular flexibility index (Phi) is 4.31. The molecule has 5 heteroatoms. The zero-order chi connectivity index (χ0) is 14.7. The first-order chi connectivity index (χ1) is 10.3. The second kappa shape index (κ2) is 6.37. The fourth-order valence-corrected chi connectivity index (χ4v) is 2.75. The molecule has 1 aliphatic heterocycles. The van der Waals surface area contributed by atoms with Crippen LogP contribution in [0.2, 0.25) is 0 Å². The van der Waals surface area contributed by atoms with Crippen LogP contribution in [-0.2, 0) is 19.4 Å². The van der Waals surface area contributed by atoms with E-state index in [0.717, 1.165) is 43.0 Å². The van der Waals surface area contributed by atoms with Crippen molar-refractivity contribution in [3.05, 3.63) is 47.5 Å². The topological polar surface area (TPSA) is 63.0 Å². The molecule has 112 valence electrons. The zero-order valence-electron chi connectivity index (χ0n) is 12.4. The minimum Gasteiger partial charge on any atom is -0.387 e. The van der Waals surface area contributed by atoms with E-state index < -0.39 is 6.10 Å². The summed E-state index contributed by atoms with van der Waals surface area (Å²) >= 11 is 0. The molecule has 0 bridgehead atoms. The number of aliphatic hydroxyl groups is 1. The molecule has 1 aromatic heterocycles. The third-order valence-electron chi connectivity index (χ3n) is 4.00. The molecule has 0 fully saturated rings. The molecular formula is C16H22N4O. The van der Waals surface area contributed by atoms with E-state index in [1.165, 1.54) is 0 Å². The van der Waals surface area contributed by atoms with Gasteiger partial charge in [0.05, 0.1) is 12.6 Å². The third-order valence-corrected chi connectivity index (χ3v) is 4.00. The van der Waals surface area contributed by atoms with E-state index in [1.54, 1.807) is 0 Å². The average Bonchev–Trinajstić information content (AvgIpc) is 2.95. The third kappa shape index (κ3) is 3.31. The first-order valence-electron chi connectivity index (χ1n) is 7.65. The molecule has 0 amide bonds. The largest absolute Gasteiger partial charge is 0.387 e. The standard InChI is InChI=1S/C16H22N4O/c1-2-15-18-16-9-8-13(11-20(16)19-15)17-10-14(21)12-6-4-3-5-7-12/h3-7,13-14,17,21H,2,8-11H2,1H3/t13-,14+/m1/s1. The van der Waals surface area contributed by atoms with E-state index in [9.17, 15) is 5.11 Å². The van der Waals surface area contributed by atoms with E-state index in [0.29, 0.717) is 12.6 Å². The average molecular weight is 286 g/mol. The van der Waals surface area contributed by atoms with Crippen molar-refractivity contribution in [2.75, 3.05) is 6.54 Å². The van der Waals surface area contributed by atoms with Gasteiger partial charge >= 0.3 is 0 Å². The van der Waals surface area contributed by atoms with Crippen LogP contribution in [0.5, 0.6) is 0 Å². The van der Waals surface area contributed by atoms with Crippen molar-refractivity contribution in [2.24, 2.45) is 0 Å². The van der Waals surface area contributed by atoms with E-state index >= 15 is 0 Å². The van der Waals surface area contributed by atoms with Crippen LogP contribution in [0.15, 0.2) is 30.3 Å². The molecule has 1 aromatic carbocycles. The van der Waals surface area contributed by atoms with Crippen molar-refractivity contribution in [2.45, 2.75) is 44.9 Å². The second-order valence-electron chi connectivity index (χ2n) is 5.55. The molecule has 5 nitrogen and oxygen atoms in total. The molecule has 2 aromatic rings. The number of nitrogens with zero attached hydrogens (tertiary/aromatic N) is 3. The Morgan fingerprint density at radius 1 is 1.38 bits per heavy atom. The first-order valence-corrected chi connectivity index (χ1v) is 7.65. The van der Waals surface area contributed by atoms with Gasteiger partial charge in [0.15, 0.2) is 5.82 Å². The molecule has 0 aliphatic carbocycles. The number of benzene rings is 1. The van der Waals surface area contributed by atoms with Crippen molar-refractivity contribution in [1.82, 2.24) is 20.1 Å². The van der Waals surface area contributed by atoms with Gasteiger partial charge in [-0.25, -0.2) is 9.67 Å². The van der Waals surface area contributed by atoms with Gasteiger partial charge < -0.3 is 10.4 Å². The minimum absolute atomic E-state index is 0.349. The number of nitrogens with one attached hydrogen (secondary N) is 1. The van der Waals surface area contributed by atoms with Crippen LogP contribution in [0.3, 0.4) is 0 Å². The molecule has 3 rings (SSSR count). The normalized spacial score (nSPS) is 19.2. The van der Waals surface area contributed by atoms with E-state index in [1.807, 2.05) is 35.0 Å². The van der Waals surface area contributed by atoms with Crippen LogP contribution in [0.1, 0.15) is 36.7 Å². The molecule has 2 N–H and O–H groups in total. The van der Waals surface area contributed by atoms with Crippen LogP contribution >= 0.6 is 0 Å². The van der Waals surface area contributed by atoms with Gasteiger partial charge in [0.25, 0.3) is 0 Å². The molecule has 0 radical (unpaired) electrons. The summed E-state index contributed by atoms with van der Waals surface area (Å²) < 4.78 is 2.01. The summed E-state index contributed by atoms with van der Waals surface area (Å²) in [5, 5.41) is 18.1. The number of hydrogen-bond acceptors (Lipinski definition) is 4. The summed E-state index contributed by atoms with van der Waals surface area (Å²) in [5.41, 5.74) is 0.954. The molecule has 0 saturated heterocycles. The lowest BCUT2D eigenvalue weighted by molar-refractivity contribution is 0.165. The van der Waals surface area contributed by atoms with Crippen LogP contribution in [0.4, 0.5) is 0 Å². The van der Waals surface area contributed by atoms with Crippen LogP contribution in [0.25, 0.3) is 0 Å². The lowest BCUT2D eigenvalue weighted by Gasteiger charge is -2.25. The molecule has 0 unspecified atom stereocenters. The molecule has 1 aliphatic rings. The maximum Gasteiger partial charge on any atom is 0.150 e. The highest BCUT2D eigenvalue weighted by Gasteiger charge is 2.21. The fourth-order valence-electron chi connectivity index (χ4n) is 2.75. The summed E-state index contributed by atoms with van der Waals surface area (Å²) in [7, 11) is 0. The van der Waals surface area contributed by atoms with Crippen molar-refractivity contribution in [3.8, 4) is 0 Å². The van der Waals surface area contributed by atoms with Crippen LogP contribution < -0.4 is 5.32 Å². The van der Waals surface area contributed by atoms with Gasteiger partial charge in [0.2, 0.25) is 0 Å². The summed E-state index contributed by atoms with van der Waals surface area (Å²) in [4.78, 5) is 4.52. The van der Waals surface area contributed by atoms with Gasteiger partial charge in [-0.2, -0.15) is 5.10 Å². The molecular weight excluding hydrogens is 264 g/mol. The van der Waals surface area contributed by atoms with Crippen molar-refractivity contribution in [3.63, 3.8) is 0 Å². The SMILES string of the molecule is CCc1nc2n(n1)C[C@H](NC[C@H](O)c1ccccc1)CC2. The Morgan fingerprint density at radius 2 is 2.19 bits per heavy atom. The highest BCUT2D eigenvalue weighted by atomic mass is 16.3. The Bertz CT molecular complexity index is 581. The number of hydrogen-bond donors (Lipinski definition) is 2. The molecule has 0 saturated carbocycles. The second-order valence-corrected chi connectivity index (χ2v) is 5.55. The summed E-state index contributed by atoms with van der Waals surface area (Å²) in [6.45, 7) is 3.48. The zero-order valence-corrected chi connectivity index (χ0v) is 12.4. The predicted octanol–water partition coefficient (Wildman–Crippen LogP) is 1.48. The quantitative estimate of drug-likeness (QED) is 0.874. The van der Waals surface area contributed by atoms with Crippen molar-refractivity contribution in [1.29, 1.82) is 0 Å². The lowest BCUT2D eigenvalue weighted by atomic mass is 10.1. The van der Waals surface area contributed by atoms with Crippen LogP contribution in [0, 0.1) is 0 Å². The summed E-state index contributed by atoms with van der Waals surface area (Å²) in [6.07, 6.45) is 2.41. The summed E-state index contributed by atoms with van der Waals surface area (Å²) in [6, 6.07) is 10.1. The maximum atomic E-state index is 10.2. The molecule has 2 atom stereocenters. The van der Waals surface area contributed by atoms with E-state index in [4.69, 9.17) is 0 Å². The lowest BCUT2D eigenvalue weighted by Crippen LogP contribution is -2.39. The Labute approximate surface area is 125 Å². The van der Waals surface area contributed by atoms with Gasteiger partial charge in [0.1, 0.15) is 5.82 Å². The van der Waals surface area contributed by atoms with Crippen molar-refractivity contribution >= 4 is 0 Å². The minimum atomic E-state index is -0.463. The van der Waals surface area contributed by atoms with Crippen molar-refractivity contribution < 1.29 is 5.11 Å². The predicted molar refractivity (Wildman–Crippen MR) is 80.9 cm³/mol. The number of aliphatic hydroxyl groups excluding tert-OH is 1.